The number of ether oxygens (including phenoxy) is 1. The second-order valence-electron chi connectivity index (χ2n) is 4.71. The van der Waals surface area contributed by atoms with Crippen molar-refractivity contribution < 1.29 is 13.9 Å². The number of halogens is 1. The lowest BCUT2D eigenvalue weighted by Gasteiger charge is -2.35. The Morgan fingerprint density at radius 1 is 1.43 bits per heavy atom. The average Bonchev–Trinajstić information content (AvgIpc) is 2.45. The summed E-state index contributed by atoms with van der Waals surface area (Å²) in [6.07, 6.45) is 0. The summed E-state index contributed by atoms with van der Waals surface area (Å²) in [5, 5.41) is 3.61. The van der Waals surface area contributed by atoms with Gasteiger partial charge in [-0.15, -0.1) is 0 Å². The minimum absolute atomic E-state index is 0.292. The van der Waals surface area contributed by atoms with Gasteiger partial charge in [-0.05, 0) is 43.8 Å². The third-order valence-electron chi connectivity index (χ3n) is 3.45. The van der Waals surface area contributed by atoms with Gasteiger partial charge in [0.05, 0.1) is 18.2 Å². The van der Waals surface area contributed by atoms with Gasteiger partial charge in [0.1, 0.15) is 5.82 Å². The number of nitrogens with zero attached hydrogens (tertiary/aromatic N) is 1. The molecular weight excluding hydrogens is 291 g/mol. The van der Waals surface area contributed by atoms with Crippen LogP contribution in [0.15, 0.2) is 35.5 Å². The predicted octanol–water partition coefficient (Wildman–Crippen LogP) is 2.52. The van der Waals surface area contributed by atoms with E-state index in [0.717, 1.165) is 11.3 Å². The van der Waals surface area contributed by atoms with Crippen LogP contribution in [0.1, 0.15) is 25.5 Å². The Bertz CT molecular complexity index is 598. The lowest BCUT2D eigenvalue weighted by molar-refractivity contribution is -0.139. The van der Waals surface area contributed by atoms with E-state index in [4.69, 9.17) is 17.0 Å². The first kappa shape index (κ1) is 15.4. The number of allylic oxidation sites excluding steroid dienone is 1. The van der Waals surface area contributed by atoms with Crippen LogP contribution in [-0.2, 0) is 9.53 Å². The molecule has 1 aromatic rings. The standard InChI is InChI=1S/C15H17FN2O2S/c1-4-20-14(19)12-9(2)18(3)15(21)17-13(12)10-5-7-11(16)8-6-10/h5-8,13H,4H2,1-3H3,(H,17,21). The van der Waals surface area contributed by atoms with Gasteiger partial charge in [-0.2, -0.15) is 0 Å². The fourth-order valence-electron chi connectivity index (χ4n) is 2.21. The van der Waals surface area contributed by atoms with E-state index in [9.17, 15) is 9.18 Å². The summed E-state index contributed by atoms with van der Waals surface area (Å²) in [4.78, 5) is 14.0. The van der Waals surface area contributed by atoms with Crippen molar-refractivity contribution in [1.29, 1.82) is 0 Å². The molecular formula is C15H17FN2O2S. The highest BCUT2D eigenvalue weighted by molar-refractivity contribution is 7.80. The normalized spacial score (nSPS) is 18.6. The van der Waals surface area contributed by atoms with Gasteiger partial charge in [-0.25, -0.2) is 9.18 Å². The number of hydrogen-bond acceptors (Lipinski definition) is 3. The lowest BCUT2D eigenvalue weighted by Crippen LogP contribution is -2.46. The number of thiocarbonyl (C=S) groups is 1. The van der Waals surface area contributed by atoms with Crippen LogP contribution in [0.3, 0.4) is 0 Å². The van der Waals surface area contributed by atoms with E-state index in [0.29, 0.717) is 17.3 Å². The molecule has 1 aliphatic rings. The summed E-state index contributed by atoms with van der Waals surface area (Å²) in [6, 6.07) is 5.54. The molecule has 0 amide bonds. The first-order valence-electron chi connectivity index (χ1n) is 6.63. The molecule has 1 aromatic carbocycles. The molecule has 0 fully saturated rings. The average molecular weight is 308 g/mol. The fraction of sp³-hybridized carbons (Fsp3) is 0.333. The maximum absolute atomic E-state index is 13.1. The number of nitrogens with one attached hydrogen (secondary N) is 1. The highest BCUT2D eigenvalue weighted by Crippen LogP contribution is 2.30. The number of benzene rings is 1. The van der Waals surface area contributed by atoms with Crippen molar-refractivity contribution in [1.82, 2.24) is 10.2 Å². The Morgan fingerprint density at radius 2 is 2.05 bits per heavy atom. The van der Waals surface area contributed by atoms with Gasteiger partial charge in [-0.3, -0.25) is 0 Å². The van der Waals surface area contributed by atoms with Gasteiger partial charge in [-0.1, -0.05) is 12.1 Å². The van der Waals surface area contributed by atoms with Crippen molar-refractivity contribution in [3.05, 3.63) is 46.9 Å². The van der Waals surface area contributed by atoms with E-state index < -0.39 is 12.0 Å². The Morgan fingerprint density at radius 3 is 2.62 bits per heavy atom. The van der Waals surface area contributed by atoms with E-state index >= 15 is 0 Å². The van der Waals surface area contributed by atoms with Crippen LogP contribution in [-0.4, -0.2) is 29.6 Å². The molecule has 0 aromatic heterocycles. The molecule has 112 valence electrons. The van der Waals surface area contributed by atoms with Gasteiger partial charge < -0.3 is 15.0 Å². The highest BCUT2D eigenvalue weighted by atomic mass is 32.1. The van der Waals surface area contributed by atoms with E-state index in [1.807, 2.05) is 6.92 Å². The molecule has 0 saturated heterocycles. The maximum atomic E-state index is 13.1. The molecule has 6 heteroatoms. The molecule has 2 rings (SSSR count). The van der Waals surface area contributed by atoms with Crippen LogP contribution in [0.2, 0.25) is 0 Å². The van der Waals surface area contributed by atoms with Crippen LogP contribution in [0.4, 0.5) is 4.39 Å². The summed E-state index contributed by atoms with van der Waals surface area (Å²) in [6.45, 7) is 3.86. The zero-order valence-corrected chi connectivity index (χ0v) is 13.0. The summed E-state index contributed by atoms with van der Waals surface area (Å²) >= 11 is 5.27. The quantitative estimate of drug-likeness (QED) is 0.686. The number of rotatable bonds is 3. The van der Waals surface area contributed by atoms with Crippen LogP contribution in [0.25, 0.3) is 0 Å². The summed E-state index contributed by atoms with van der Waals surface area (Å²) in [5.41, 5.74) is 1.97. The van der Waals surface area contributed by atoms with Crippen molar-refractivity contribution in [3.8, 4) is 0 Å². The van der Waals surface area contributed by atoms with E-state index in [-0.39, 0.29) is 5.82 Å². The maximum Gasteiger partial charge on any atom is 0.338 e. The van der Waals surface area contributed by atoms with Crippen molar-refractivity contribution in [3.63, 3.8) is 0 Å². The molecule has 1 N–H and O–H groups in total. The monoisotopic (exact) mass is 308 g/mol. The largest absolute Gasteiger partial charge is 0.463 e. The zero-order chi connectivity index (χ0) is 15.6. The molecule has 0 spiro atoms. The van der Waals surface area contributed by atoms with Crippen molar-refractivity contribution in [2.45, 2.75) is 19.9 Å². The van der Waals surface area contributed by atoms with Gasteiger partial charge in [0.25, 0.3) is 0 Å². The Balaban J connectivity index is 2.48. The van der Waals surface area contributed by atoms with E-state index in [1.54, 1.807) is 31.0 Å². The van der Waals surface area contributed by atoms with Gasteiger partial charge in [0, 0.05) is 12.7 Å². The molecule has 0 radical (unpaired) electrons. The molecule has 21 heavy (non-hydrogen) atoms. The molecule has 1 atom stereocenters. The smallest absolute Gasteiger partial charge is 0.338 e. The molecule has 1 heterocycles. The second-order valence-corrected chi connectivity index (χ2v) is 5.10. The topological polar surface area (TPSA) is 41.6 Å². The summed E-state index contributed by atoms with van der Waals surface area (Å²) < 4.78 is 18.2. The molecule has 1 aliphatic heterocycles. The molecule has 0 bridgehead atoms. The van der Waals surface area contributed by atoms with Crippen molar-refractivity contribution in [2.75, 3.05) is 13.7 Å². The van der Waals surface area contributed by atoms with Crippen molar-refractivity contribution >= 4 is 23.3 Å². The van der Waals surface area contributed by atoms with E-state index in [2.05, 4.69) is 5.32 Å². The number of carbonyl (C=O) groups is 1. The van der Waals surface area contributed by atoms with Crippen LogP contribution < -0.4 is 5.32 Å². The predicted molar refractivity (Wildman–Crippen MR) is 82.0 cm³/mol. The molecule has 0 aliphatic carbocycles. The van der Waals surface area contributed by atoms with Crippen LogP contribution >= 0.6 is 12.2 Å². The Kier molecular flexibility index (Phi) is 4.57. The molecule has 0 saturated carbocycles. The summed E-state index contributed by atoms with van der Waals surface area (Å²) in [7, 11) is 1.78. The third kappa shape index (κ3) is 3.05. The number of carbonyl (C=O) groups excluding carboxylic acids is 1. The van der Waals surface area contributed by atoms with Crippen LogP contribution in [0.5, 0.6) is 0 Å². The summed E-state index contributed by atoms with van der Waals surface area (Å²) in [5.74, 6) is -0.723. The van der Waals surface area contributed by atoms with E-state index in [1.165, 1.54) is 12.1 Å². The molecule has 1 unspecified atom stereocenters. The van der Waals surface area contributed by atoms with Gasteiger partial charge in [0.2, 0.25) is 0 Å². The third-order valence-corrected chi connectivity index (χ3v) is 3.84. The van der Waals surface area contributed by atoms with Crippen LogP contribution in [0, 0.1) is 5.82 Å². The van der Waals surface area contributed by atoms with Gasteiger partial charge in [0.15, 0.2) is 5.11 Å². The molecule has 4 nitrogen and oxygen atoms in total. The van der Waals surface area contributed by atoms with Gasteiger partial charge >= 0.3 is 5.97 Å². The minimum Gasteiger partial charge on any atom is -0.463 e. The highest BCUT2D eigenvalue weighted by Gasteiger charge is 2.33. The first-order chi connectivity index (χ1) is 9.95. The Hall–Kier alpha value is -1.95. The zero-order valence-electron chi connectivity index (χ0n) is 12.1. The Labute approximate surface area is 128 Å². The van der Waals surface area contributed by atoms with Crippen molar-refractivity contribution in [2.24, 2.45) is 0 Å². The SMILES string of the molecule is CCOC(=O)C1=C(C)N(C)C(=S)NC1c1ccc(F)cc1. The second kappa shape index (κ2) is 6.22. The number of hydrogen-bond donors (Lipinski definition) is 1. The number of esters is 1. The lowest BCUT2D eigenvalue weighted by atomic mass is 9.95. The minimum atomic E-state index is -0.437. The fourth-order valence-corrected chi connectivity index (χ4v) is 2.47. The first-order valence-corrected chi connectivity index (χ1v) is 7.04.